The van der Waals surface area contributed by atoms with Crippen LogP contribution in [0.1, 0.15) is 33.3 Å². The minimum Gasteiger partial charge on any atom is -0.387 e. The second-order valence-corrected chi connectivity index (χ2v) is 4.72. The number of hydrogen-bond donors (Lipinski definition) is 2. The predicted octanol–water partition coefficient (Wildman–Crippen LogP) is 2.16. The molecule has 0 aliphatic carbocycles. The van der Waals surface area contributed by atoms with E-state index in [0.717, 1.165) is 11.1 Å². The third-order valence-corrected chi connectivity index (χ3v) is 3.25. The van der Waals surface area contributed by atoms with Crippen LogP contribution in [0.2, 0.25) is 0 Å². The van der Waals surface area contributed by atoms with E-state index in [2.05, 4.69) is 10.3 Å². The first-order valence-electron chi connectivity index (χ1n) is 6.53. The summed E-state index contributed by atoms with van der Waals surface area (Å²) in [5.41, 5.74) is 3.04. The fourth-order valence-corrected chi connectivity index (χ4v) is 2.08. The zero-order chi connectivity index (χ0) is 14.5. The maximum Gasteiger partial charge on any atom is 0.253 e. The van der Waals surface area contributed by atoms with Crippen LogP contribution in [-0.2, 0) is 0 Å². The minimum atomic E-state index is -0.711. The van der Waals surface area contributed by atoms with Gasteiger partial charge in [-0.25, -0.2) is 0 Å². The number of nitrogens with one attached hydrogen (secondary N) is 1. The first-order valence-corrected chi connectivity index (χ1v) is 6.53. The van der Waals surface area contributed by atoms with E-state index in [4.69, 9.17) is 0 Å². The molecule has 0 fully saturated rings. The molecule has 2 aromatic rings. The van der Waals surface area contributed by atoms with Gasteiger partial charge in [-0.15, -0.1) is 0 Å². The number of hydrogen-bond acceptors (Lipinski definition) is 3. The van der Waals surface area contributed by atoms with Gasteiger partial charge >= 0.3 is 0 Å². The molecule has 1 aromatic carbocycles. The summed E-state index contributed by atoms with van der Waals surface area (Å²) < 4.78 is 0. The van der Waals surface area contributed by atoms with Crippen LogP contribution in [0, 0.1) is 13.8 Å². The van der Waals surface area contributed by atoms with Crippen LogP contribution >= 0.6 is 0 Å². The van der Waals surface area contributed by atoms with Gasteiger partial charge in [0.15, 0.2) is 0 Å². The number of amides is 1. The summed E-state index contributed by atoms with van der Waals surface area (Å²) >= 11 is 0. The van der Waals surface area contributed by atoms with Crippen molar-refractivity contribution in [3.63, 3.8) is 0 Å². The Labute approximate surface area is 118 Å². The fourth-order valence-electron chi connectivity index (χ4n) is 2.08. The zero-order valence-electron chi connectivity index (χ0n) is 11.6. The van der Waals surface area contributed by atoms with Gasteiger partial charge in [-0.05, 0) is 37.1 Å². The van der Waals surface area contributed by atoms with Gasteiger partial charge in [0.1, 0.15) is 0 Å². The van der Waals surface area contributed by atoms with Gasteiger partial charge in [0, 0.05) is 18.4 Å². The number of aliphatic hydroxyl groups is 1. The molecule has 1 unspecified atom stereocenters. The Kier molecular flexibility index (Phi) is 4.48. The van der Waals surface area contributed by atoms with E-state index in [-0.39, 0.29) is 12.5 Å². The molecule has 20 heavy (non-hydrogen) atoms. The summed E-state index contributed by atoms with van der Waals surface area (Å²) in [6.45, 7) is 3.90. The maximum atomic E-state index is 12.0. The van der Waals surface area contributed by atoms with Crippen molar-refractivity contribution in [1.29, 1.82) is 0 Å². The monoisotopic (exact) mass is 270 g/mol. The number of aromatic nitrogens is 1. The van der Waals surface area contributed by atoms with Crippen molar-refractivity contribution >= 4 is 5.91 Å². The van der Waals surface area contributed by atoms with Gasteiger partial charge in [0.05, 0.1) is 11.7 Å². The van der Waals surface area contributed by atoms with Crippen LogP contribution in [0.4, 0.5) is 0 Å². The summed E-state index contributed by atoms with van der Waals surface area (Å²) in [4.78, 5) is 16.1. The number of rotatable bonds is 4. The smallest absolute Gasteiger partial charge is 0.253 e. The molecule has 0 radical (unpaired) electrons. The Balaban J connectivity index is 2.01. The number of aliphatic hydroxyl groups excluding tert-OH is 1. The Morgan fingerprint density at radius 2 is 2.00 bits per heavy atom. The van der Waals surface area contributed by atoms with Crippen molar-refractivity contribution in [3.05, 3.63) is 65.0 Å². The predicted molar refractivity (Wildman–Crippen MR) is 77.4 cm³/mol. The van der Waals surface area contributed by atoms with Gasteiger partial charge in [0.25, 0.3) is 5.91 Å². The van der Waals surface area contributed by atoms with E-state index in [1.807, 2.05) is 31.2 Å². The van der Waals surface area contributed by atoms with Crippen LogP contribution in [0.25, 0.3) is 0 Å². The van der Waals surface area contributed by atoms with Gasteiger partial charge < -0.3 is 10.4 Å². The summed E-state index contributed by atoms with van der Waals surface area (Å²) in [5.74, 6) is -0.219. The average molecular weight is 270 g/mol. The normalized spacial score (nSPS) is 11.9. The molecule has 1 amide bonds. The Morgan fingerprint density at radius 1 is 1.25 bits per heavy atom. The van der Waals surface area contributed by atoms with Crippen LogP contribution in [-0.4, -0.2) is 22.5 Å². The lowest BCUT2D eigenvalue weighted by Crippen LogP contribution is -2.29. The van der Waals surface area contributed by atoms with E-state index in [0.29, 0.717) is 11.3 Å². The molecule has 1 atom stereocenters. The van der Waals surface area contributed by atoms with E-state index in [1.165, 1.54) is 0 Å². The molecule has 0 aliphatic heterocycles. The van der Waals surface area contributed by atoms with Crippen LogP contribution in [0.5, 0.6) is 0 Å². The highest BCUT2D eigenvalue weighted by Crippen LogP contribution is 2.16. The lowest BCUT2D eigenvalue weighted by atomic mass is 10.0. The van der Waals surface area contributed by atoms with Crippen molar-refractivity contribution in [2.45, 2.75) is 20.0 Å². The van der Waals surface area contributed by atoms with Crippen LogP contribution in [0.15, 0.2) is 42.6 Å². The van der Waals surface area contributed by atoms with Gasteiger partial charge in [-0.3, -0.25) is 9.78 Å². The number of pyridine rings is 1. The lowest BCUT2D eigenvalue weighted by molar-refractivity contribution is 0.0915. The SMILES string of the molecule is Cc1ccccc1C(O)CNC(=O)c1cccnc1C. The number of carbonyl (C=O) groups excluding carboxylic acids is 1. The first kappa shape index (κ1) is 14.2. The summed E-state index contributed by atoms with van der Waals surface area (Å²) in [6, 6.07) is 11.0. The van der Waals surface area contributed by atoms with Crippen LogP contribution < -0.4 is 5.32 Å². The molecular weight excluding hydrogens is 252 g/mol. The van der Waals surface area contributed by atoms with E-state index < -0.39 is 6.10 Å². The number of aryl methyl sites for hydroxylation is 2. The molecule has 1 aromatic heterocycles. The summed E-state index contributed by atoms with van der Waals surface area (Å²) in [7, 11) is 0. The molecule has 2 N–H and O–H groups in total. The molecule has 2 rings (SSSR count). The zero-order valence-corrected chi connectivity index (χ0v) is 11.6. The van der Waals surface area contributed by atoms with Gasteiger partial charge in [-0.1, -0.05) is 24.3 Å². The van der Waals surface area contributed by atoms with E-state index in [9.17, 15) is 9.90 Å². The standard InChI is InChI=1S/C16H18N2O2/c1-11-6-3-4-7-13(11)15(19)10-18-16(20)14-8-5-9-17-12(14)2/h3-9,15,19H,10H2,1-2H3,(H,18,20). The largest absolute Gasteiger partial charge is 0.387 e. The third-order valence-electron chi connectivity index (χ3n) is 3.25. The molecule has 0 spiro atoms. The molecule has 0 saturated carbocycles. The first-order chi connectivity index (χ1) is 9.59. The van der Waals surface area contributed by atoms with Crippen molar-refractivity contribution in [1.82, 2.24) is 10.3 Å². The quantitative estimate of drug-likeness (QED) is 0.895. The molecule has 0 bridgehead atoms. The minimum absolute atomic E-state index is 0.179. The van der Waals surface area contributed by atoms with Crippen molar-refractivity contribution in [2.75, 3.05) is 6.54 Å². The Morgan fingerprint density at radius 3 is 2.70 bits per heavy atom. The average Bonchev–Trinajstić information content (AvgIpc) is 2.45. The second kappa shape index (κ2) is 6.30. The molecule has 0 aliphatic rings. The molecule has 104 valence electrons. The highest BCUT2D eigenvalue weighted by Gasteiger charge is 2.13. The summed E-state index contributed by atoms with van der Waals surface area (Å²) in [5, 5.41) is 12.9. The fraction of sp³-hybridized carbons (Fsp3) is 0.250. The van der Waals surface area contributed by atoms with Crippen molar-refractivity contribution < 1.29 is 9.90 Å². The summed E-state index contributed by atoms with van der Waals surface area (Å²) in [6.07, 6.45) is 0.936. The third kappa shape index (κ3) is 3.22. The molecule has 0 saturated heterocycles. The van der Waals surface area contributed by atoms with Crippen LogP contribution in [0.3, 0.4) is 0 Å². The highest BCUT2D eigenvalue weighted by molar-refractivity contribution is 5.95. The molecular formula is C16H18N2O2. The lowest BCUT2D eigenvalue weighted by Gasteiger charge is -2.14. The molecule has 4 nitrogen and oxygen atoms in total. The second-order valence-electron chi connectivity index (χ2n) is 4.72. The van der Waals surface area contributed by atoms with E-state index in [1.54, 1.807) is 25.3 Å². The van der Waals surface area contributed by atoms with Crippen molar-refractivity contribution in [3.8, 4) is 0 Å². The Bertz CT molecular complexity index is 611. The number of carbonyl (C=O) groups is 1. The van der Waals surface area contributed by atoms with Gasteiger partial charge in [-0.2, -0.15) is 0 Å². The maximum absolute atomic E-state index is 12.0. The number of benzene rings is 1. The molecule has 1 heterocycles. The highest BCUT2D eigenvalue weighted by atomic mass is 16.3. The topological polar surface area (TPSA) is 62.2 Å². The van der Waals surface area contributed by atoms with Gasteiger partial charge in [0.2, 0.25) is 0 Å². The van der Waals surface area contributed by atoms with E-state index >= 15 is 0 Å². The van der Waals surface area contributed by atoms with Crippen molar-refractivity contribution in [2.24, 2.45) is 0 Å². The Hall–Kier alpha value is -2.20. The molecule has 4 heteroatoms. The number of nitrogens with zero attached hydrogens (tertiary/aromatic N) is 1.